The van der Waals surface area contributed by atoms with Crippen LogP contribution in [0.3, 0.4) is 0 Å². The Morgan fingerprint density at radius 1 is 1.11 bits per heavy atom. The summed E-state index contributed by atoms with van der Waals surface area (Å²) in [5, 5.41) is 8.30. The normalized spacial score (nSPS) is 13.4. The number of aryl methyl sites for hydroxylation is 1. The van der Waals surface area contributed by atoms with E-state index in [2.05, 4.69) is 15.2 Å². The SMILES string of the molecule is Cc1nnc(-c2ccc3c(c2)OCCO3)c(Cl)n1. The Balaban J connectivity index is 2.06. The van der Waals surface area contributed by atoms with Gasteiger partial charge in [-0.05, 0) is 25.1 Å². The summed E-state index contributed by atoms with van der Waals surface area (Å²) in [6, 6.07) is 5.53. The van der Waals surface area contributed by atoms with Crippen LogP contribution in [-0.2, 0) is 0 Å². The molecule has 5 nitrogen and oxygen atoms in total. The molecule has 1 aliphatic rings. The molecule has 0 radical (unpaired) electrons. The van der Waals surface area contributed by atoms with Crippen LogP contribution in [0.25, 0.3) is 11.3 Å². The van der Waals surface area contributed by atoms with E-state index in [0.717, 1.165) is 11.3 Å². The van der Waals surface area contributed by atoms with Gasteiger partial charge in [-0.1, -0.05) is 11.6 Å². The zero-order valence-corrected chi connectivity index (χ0v) is 10.4. The molecule has 0 aliphatic carbocycles. The summed E-state index contributed by atoms with van der Waals surface area (Å²) in [5.74, 6) is 1.97. The Labute approximate surface area is 109 Å². The smallest absolute Gasteiger partial charge is 0.162 e. The highest BCUT2D eigenvalue weighted by atomic mass is 35.5. The monoisotopic (exact) mass is 263 g/mol. The van der Waals surface area contributed by atoms with E-state index in [1.807, 2.05) is 18.2 Å². The van der Waals surface area contributed by atoms with E-state index in [-0.39, 0.29) is 0 Å². The van der Waals surface area contributed by atoms with Gasteiger partial charge in [0.25, 0.3) is 0 Å². The van der Waals surface area contributed by atoms with Crippen LogP contribution in [0.4, 0.5) is 0 Å². The van der Waals surface area contributed by atoms with Crippen molar-refractivity contribution in [1.29, 1.82) is 0 Å². The van der Waals surface area contributed by atoms with E-state index in [0.29, 0.717) is 35.6 Å². The molecule has 1 aromatic carbocycles. The van der Waals surface area contributed by atoms with E-state index in [1.54, 1.807) is 6.92 Å². The first kappa shape index (κ1) is 11.2. The van der Waals surface area contributed by atoms with Gasteiger partial charge in [0.05, 0.1) is 0 Å². The predicted octanol–water partition coefficient (Wildman–Crippen LogP) is 2.27. The maximum Gasteiger partial charge on any atom is 0.162 e. The third-order valence-corrected chi connectivity index (χ3v) is 2.83. The Morgan fingerprint density at radius 2 is 1.89 bits per heavy atom. The Kier molecular flexibility index (Phi) is 2.76. The molecule has 2 aromatic rings. The van der Waals surface area contributed by atoms with Crippen molar-refractivity contribution in [2.24, 2.45) is 0 Å². The van der Waals surface area contributed by atoms with Crippen molar-refractivity contribution < 1.29 is 9.47 Å². The highest BCUT2D eigenvalue weighted by Crippen LogP contribution is 2.35. The van der Waals surface area contributed by atoms with Crippen LogP contribution in [0.2, 0.25) is 5.15 Å². The highest BCUT2D eigenvalue weighted by Gasteiger charge is 2.15. The van der Waals surface area contributed by atoms with E-state index in [4.69, 9.17) is 21.1 Å². The number of aromatic nitrogens is 3. The van der Waals surface area contributed by atoms with Crippen LogP contribution < -0.4 is 9.47 Å². The fourth-order valence-corrected chi connectivity index (χ4v) is 2.02. The van der Waals surface area contributed by atoms with E-state index in [9.17, 15) is 0 Å². The van der Waals surface area contributed by atoms with Crippen LogP contribution in [0, 0.1) is 6.92 Å². The molecular weight excluding hydrogens is 254 g/mol. The summed E-state index contributed by atoms with van der Waals surface area (Å²) < 4.78 is 11.0. The van der Waals surface area contributed by atoms with E-state index >= 15 is 0 Å². The summed E-state index contributed by atoms with van der Waals surface area (Å²) in [5.41, 5.74) is 1.35. The van der Waals surface area contributed by atoms with Gasteiger partial charge in [-0.2, -0.15) is 0 Å². The average molecular weight is 264 g/mol. The number of halogens is 1. The molecule has 0 unspecified atom stereocenters. The number of fused-ring (bicyclic) bond motifs is 1. The topological polar surface area (TPSA) is 57.1 Å². The molecule has 0 saturated carbocycles. The summed E-state index contributed by atoms with van der Waals surface area (Å²) in [6.45, 7) is 2.85. The third-order valence-electron chi connectivity index (χ3n) is 2.57. The van der Waals surface area contributed by atoms with Crippen molar-refractivity contribution in [3.8, 4) is 22.8 Å². The second-order valence-corrected chi connectivity index (χ2v) is 4.21. The second-order valence-electron chi connectivity index (χ2n) is 3.86. The highest BCUT2D eigenvalue weighted by molar-refractivity contribution is 6.31. The molecule has 0 spiro atoms. The molecular formula is C12H10ClN3O2. The molecule has 0 amide bonds. The van der Waals surface area contributed by atoms with Gasteiger partial charge in [-0.25, -0.2) is 4.98 Å². The van der Waals surface area contributed by atoms with Gasteiger partial charge in [0.2, 0.25) is 0 Å². The predicted molar refractivity (Wildman–Crippen MR) is 66.0 cm³/mol. The van der Waals surface area contributed by atoms with Gasteiger partial charge in [0.15, 0.2) is 16.7 Å². The summed E-state index contributed by atoms with van der Waals surface area (Å²) in [7, 11) is 0. The molecule has 0 bridgehead atoms. The Bertz CT molecular complexity index is 604. The lowest BCUT2D eigenvalue weighted by molar-refractivity contribution is 0.171. The zero-order chi connectivity index (χ0) is 12.5. The van der Waals surface area contributed by atoms with Gasteiger partial charge in [-0.3, -0.25) is 0 Å². The van der Waals surface area contributed by atoms with Crippen molar-refractivity contribution in [1.82, 2.24) is 15.2 Å². The number of rotatable bonds is 1. The standard InChI is InChI=1S/C12H10ClN3O2/c1-7-14-12(13)11(16-15-7)8-2-3-9-10(6-8)18-5-4-17-9/h2-3,6H,4-5H2,1H3. The zero-order valence-electron chi connectivity index (χ0n) is 9.68. The molecule has 2 heterocycles. The van der Waals surface area contributed by atoms with Crippen molar-refractivity contribution in [3.63, 3.8) is 0 Å². The average Bonchev–Trinajstić information content (AvgIpc) is 2.38. The molecule has 0 atom stereocenters. The van der Waals surface area contributed by atoms with Crippen molar-refractivity contribution >= 4 is 11.6 Å². The van der Waals surface area contributed by atoms with E-state index < -0.39 is 0 Å². The van der Waals surface area contributed by atoms with Crippen LogP contribution in [0.15, 0.2) is 18.2 Å². The van der Waals surface area contributed by atoms with E-state index in [1.165, 1.54) is 0 Å². The van der Waals surface area contributed by atoms with Crippen molar-refractivity contribution in [3.05, 3.63) is 29.2 Å². The van der Waals surface area contributed by atoms with Gasteiger partial charge in [0.1, 0.15) is 24.7 Å². The second kappa shape index (κ2) is 4.42. The number of hydrogen-bond acceptors (Lipinski definition) is 5. The third kappa shape index (κ3) is 1.97. The molecule has 0 saturated heterocycles. The summed E-state index contributed by atoms with van der Waals surface area (Å²) >= 11 is 6.06. The van der Waals surface area contributed by atoms with Gasteiger partial charge >= 0.3 is 0 Å². The fraction of sp³-hybridized carbons (Fsp3) is 0.250. The first-order valence-electron chi connectivity index (χ1n) is 5.51. The van der Waals surface area contributed by atoms with Crippen LogP contribution >= 0.6 is 11.6 Å². The van der Waals surface area contributed by atoms with Crippen LogP contribution in [0.1, 0.15) is 5.82 Å². The maximum absolute atomic E-state index is 6.06. The summed E-state index contributed by atoms with van der Waals surface area (Å²) in [4.78, 5) is 4.08. The van der Waals surface area contributed by atoms with Crippen LogP contribution in [-0.4, -0.2) is 28.4 Å². The van der Waals surface area contributed by atoms with Gasteiger partial charge in [-0.15, -0.1) is 10.2 Å². The van der Waals surface area contributed by atoms with Crippen molar-refractivity contribution in [2.45, 2.75) is 6.92 Å². The van der Waals surface area contributed by atoms with Crippen LogP contribution in [0.5, 0.6) is 11.5 Å². The first-order valence-corrected chi connectivity index (χ1v) is 5.89. The number of benzene rings is 1. The molecule has 92 valence electrons. The molecule has 0 fully saturated rings. The number of nitrogens with zero attached hydrogens (tertiary/aromatic N) is 3. The van der Waals surface area contributed by atoms with Crippen molar-refractivity contribution in [2.75, 3.05) is 13.2 Å². The lowest BCUT2D eigenvalue weighted by Gasteiger charge is -2.18. The molecule has 1 aliphatic heterocycles. The molecule has 6 heteroatoms. The minimum absolute atomic E-state index is 0.333. The maximum atomic E-state index is 6.06. The quantitative estimate of drug-likeness (QED) is 0.790. The molecule has 3 rings (SSSR count). The number of ether oxygens (including phenoxy) is 2. The lowest BCUT2D eigenvalue weighted by atomic mass is 10.1. The molecule has 0 N–H and O–H groups in total. The Morgan fingerprint density at radius 3 is 2.67 bits per heavy atom. The lowest BCUT2D eigenvalue weighted by Crippen LogP contribution is -2.15. The van der Waals surface area contributed by atoms with Gasteiger partial charge < -0.3 is 9.47 Å². The minimum atomic E-state index is 0.333. The Hall–Kier alpha value is -1.88. The molecule has 1 aromatic heterocycles. The number of hydrogen-bond donors (Lipinski definition) is 0. The fourth-order valence-electron chi connectivity index (χ4n) is 1.75. The van der Waals surface area contributed by atoms with Gasteiger partial charge in [0, 0.05) is 5.56 Å². The minimum Gasteiger partial charge on any atom is -0.486 e. The summed E-state index contributed by atoms with van der Waals surface area (Å²) in [6.07, 6.45) is 0. The molecule has 18 heavy (non-hydrogen) atoms. The largest absolute Gasteiger partial charge is 0.486 e. The first-order chi connectivity index (χ1) is 8.74.